The number of rotatable bonds is 5. The van der Waals surface area contributed by atoms with Gasteiger partial charge in [0.05, 0.1) is 12.5 Å². The molecule has 0 aliphatic heterocycles. The van der Waals surface area contributed by atoms with Crippen molar-refractivity contribution in [3.8, 4) is 0 Å². The molecule has 1 aromatic carbocycles. The number of carbonyl (C=O) groups is 2. The monoisotopic (exact) mass is 225 g/mol. The third-order valence-electron chi connectivity index (χ3n) is 2.26. The van der Waals surface area contributed by atoms with Gasteiger partial charge in [0.25, 0.3) is 0 Å². The Kier molecular flexibility index (Phi) is 3.99. The Morgan fingerprint density at radius 2 is 2.31 bits per heavy atom. The molecule has 1 unspecified atom stereocenters. The molecule has 1 amide bonds. The molecule has 0 radical (unpaired) electrons. The maximum absolute atomic E-state index is 12.9. The molecule has 5 heteroatoms. The number of carboxylic acid groups (broad SMARTS) is 1. The number of carboxylic acids is 1. The van der Waals surface area contributed by atoms with E-state index in [4.69, 9.17) is 5.11 Å². The summed E-state index contributed by atoms with van der Waals surface area (Å²) in [5, 5.41) is 11.1. The van der Waals surface area contributed by atoms with E-state index in [0.717, 1.165) is 0 Å². The zero-order valence-electron chi connectivity index (χ0n) is 8.74. The van der Waals surface area contributed by atoms with Gasteiger partial charge in [0.1, 0.15) is 5.82 Å². The lowest BCUT2D eigenvalue weighted by atomic mass is 9.99. The molecule has 1 aromatic rings. The number of nitrogens with one attached hydrogen (secondary N) is 1. The van der Waals surface area contributed by atoms with Crippen molar-refractivity contribution in [3.05, 3.63) is 35.1 Å². The van der Waals surface area contributed by atoms with Crippen LogP contribution in [-0.2, 0) is 9.59 Å². The van der Waals surface area contributed by atoms with Crippen LogP contribution in [0.2, 0.25) is 0 Å². The Bertz CT molecular complexity index is 406. The van der Waals surface area contributed by atoms with Gasteiger partial charge in [-0.15, -0.1) is 0 Å². The molecule has 4 nitrogen and oxygen atoms in total. The van der Waals surface area contributed by atoms with Gasteiger partial charge in [0.15, 0.2) is 0 Å². The fraction of sp³-hybridized carbons (Fsp3) is 0.273. The zero-order chi connectivity index (χ0) is 12.1. The lowest BCUT2D eigenvalue weighted by molar-refractivity contribution is -0.137. The SMILES string of the molecule is Cc1cc(F)ccc1C(CC(=O)O)NC=O. The first-order valence-electron chi connectivity index (χ1n) is 4.72. The Labute approximate surface area is 92.1 Å². The summed E-state index contributed by atoms with van der Waals surface area (Å²) in [5.74, 6) is -1.41. The van der Waals surface area contributed by atoms with Crippen LogP contribution >= 0.6 is 0 Å². The van der Waals surface area contributed by atoms with E-state index in [2.05, 4.69) is 5.32 Å². The van der Waals surface area contributed by atoms with Crippen molar-refractivity contribution in [1.29, 1.82) is 0 Å². The maximum Gasteiger partial charge on any atom is 0.305 e. The topological polar surface area (TPSA) is 66.4 Å². The third-order valence-corrected chi connectivity index (χ3v) is 2.26. The Morgan fingerprint density at radius 1 is 1.62 bits per heavy atom. The maximum atomic E-state index is 12.9. The van der Waals surface area contributed by atoms with Crippen molar-refractivity contribution in [3.63, 3.8) is 0 Å². The highest BCUT2D eigenvalue weighted by Gasteiger charge is 2.16. The molecule has 0 aliphatic carbocycles. The minimum Gasteiger partial charge on any atom is -0.481 e. The molecular formula is C11H12FNO3. The predicted molar refractivity (Wildman–Crippen MR) is 55.3 cm³/mol. The molecular weight excluding hydrogens is 213 g/mol. The zero-order valence-corrected chi connectivity index (χ0v) is 8.74. The van der Waals surface area contributed by atoms with Crippen LogP contribution in [0.15, 0.2) is 18.2 Å². The van der Waals surface area contributed by atoms with E-state index in [1.54, 1.807) is 6.92 Å². The van der Waals surface area contributed by atoms with Crippen molar-refractivity contribution in [2.45, 2.75) is 19.4 Å². The first kappa shape index (κ1) is 12.2. The summed E-state index contributed by atoms with van der Waals surface area (Å²) in [5.41, 5.74) is 1.22. The summed E-state index contributed by atoms with van der Waals surface area (Å²) in [6.45, 7) is 1.67. The molecule has 0 aliphatic rings. The van der Waals surface area contributed by atoms with Crippen molar-refractivity contribution in [1.82, 2.24) is 5.32 Å². The molecule has 0 spiro atoms. The Morgan fingerprint density at radius 3 is 2.81 bits per heavy atom. The second-order valence-corrected chi connectivity index (χ2v) is 3.44. The lowest BCUT2D eigenvalue weighted by Gasteiger charge is -2.16. The second-order valence-electron chi connectivity index (χ2n) is 3.44. The quantitative estimate of drug-likeness (QED) is 0.744. The summed E-state index contributed by atoms with van der Waals surface area (Å²) in [6.07, 6.45) is 0.210. The molecule has 0 saturated heterocycles. The van der Waals surface area contributed by atoms with Gasteiger partial charge in [-0.05, 0) is 30.2 Å². The van der Waals surface area contributed by atoms with Gasteiger partial charge in [-0.3, -0.25) is 9.59 Å². The standard InChI is InChI=1S/C11H12FNO3/c1-7-4-8(12)2-3-9(7)10(13-6-14)5-11(15)16/h2-4,6,10H,5H2,1H3,(H,13,14)(H,15,16). The van der Waals surface area contributed by atoms with E-state index in [1.807, 2.05) is 0 Å². The fourth-order valence-corrected chi connectivity index (χ4v) is 1.55. The Hall–Kier alpha value is -1.91. The van der Waals surface area contributed by atoms with Crippen LogP contribution in [0.5, 0.6) is 0 Å². The number of hydrogen-bond donors (Lipinski definition) is 2. The van der Waals surface area contributed by atoms with Gasteiger partial charge in [-0.1, -0.05) is 6.07 Å². The van der Waals surface area contributed by atoms with E-state index in [-0.39, 0.29) is 12.2 Å². The minimum absolute atomic E-state index is 0.231. The summed E-state index contributed by atoms with van der Waals surface area (Å²) < 4.78 is 12.9. The third kappa shape index (κ3) is 3.05. The van der Waals surface area contributed by atoms with Crippen molar-refractivity contribution < 1.29 is 19.1 Å². The van der Waals surface area contributed by atoms with Gasteiger partial charge in [0, 0.05) is 0 Å². The van der Waals surface area contributed by atoms with Gasteiger partial charge in [0.2, 0.25) is 6.41 Å². The average molecular weight is 225 g/mol. The highest BCUT2D eigenvalue weighted by molar-refractivity contribution is 5.68. The molecule has 0 fully saturated rings. The number of aryl methyl sites for hydroxylation is 1. The van der Waals surface area contributed by atoms with Crippen LogP contribution < -0.4 is 5.32 Å². The van der Waals surface area contributed by atoms with E-state index in [0.29, 0.717) is 17.5 Å². The lowest BCUT2D eigenvalue weighted by Crippen LogP contribution is -2.23. The van der Waals surface area contributed by atoms with Crippen LogP contribution in [0.4, 0.5) is 4.39 Å². The molecule has 0 bridgehead atoms. The number of amides is 1. The van der Waals surface area contributed by atoms with Gasteiger partial charge in [-0.25, -0.2) is 4.39 Å². The summed E-state index contributed by atoms with van der Waals surface area (Å²) in [4.78, 5) is 21.0. The highest BCUT2D eigenvalue weighted by Crippen LogP contribution is 2.21. The minimum atomic E-state index is -1.02. The van der Waals surface area contributed by atoms with Crippen LogP contribution in [0, 0.1) is 12.7 Å². The summed E-state index contributed by atoms with van der Waals surface area (Å²) in [7, 11) is 0. The molecule has 0 aromatic heterocycles. The van der Waals surface area contributed by atoms with Gasteiger partial charge >= 0.3 is 5.97 Å². The number of halogens is 1. The van der Waals surface area contributed by atoms with Crippen molar-refractivity contribution in [2.75, 3.05) is 0 Å². The van der Waals surface area contributed by atoms with E-state index < -0.39 is 12.0 Å². The van der Waals surface area contributed by atoms with Crippen molar-refractivity contribution >= 4 is 12.4 Å². The van der Waals surface area contributed by atoms with E-state index >= 15 is 0 Å². The van der Waals surface area contributed by atoms with Gasteiger partial charge in [-0.2, -0.15) is 0 Å². The first-order chi connectivity index (χ1) is 7.54. The molecule has 86 valence electrons. The van der Waals surface area contributed by atoms with Crippen LogP contribution in [-0.4, -0.2) is 17.5 Å². The van der Waals surface area contributed by atoms with Crippen LogP contribution in [0.1, 0.15) is 23.6 Å². The smallest absolute Gasteiger partial charge is 0.305 e. The average Bonchev–Trinajstić information content (AvgIpc) is 2.16. The summed E-state index contributed by atoms with van der Waals surface area (Å²) >= 11 is 0. The van der Waals surface area contributed by atoms with Gasteiger partial charge < -0.3 is 10.4 Å². The van der Waals surface area contributed by atoms with Crippen molar-refractivity contribution in [2.24, 2.45) is 0 Å². The second kappa shape index (κ2) is 5.25. The molecule has 0 heterocycles. The van der Waals surface area contributed by atoms with Crippen LogP contribution in [0.3, 0.4) is 0 Å². The normalized spacial score (nSPS) is 11.9. The number of carbonyl (C=O) groups excluding carboxylic acids is 1. The van der Waals surface area contributed by atoms with E-state index in [1.165, 1.54) is 18.2 Å². The molecule has 1 atom stereocenters. The predicted octanol–water partition coefficient (Wildman–Crippen LogP) is 1.40. The number of benzene rings is 1. The van der Waals surface area contributed by atoms with Crippen LogP contribution in [0.25, 0.3) is 0 Å². The fourth-order valence-electron chi connectivity index (χ4n) is 1.55. The molecule has 0 saturated carbocycles. The summed E-state index contributed by atoms with van der Waals surface area (Å²) in [6, 6.07) is 3.39. The highest BCUT2D eigenvalue weighted by atomic mass is 19.1. The number of aliphatic carboxylic acids is 1. The molecule has 2 N–H and O–H groups in total. The van der Waals surface area contributed by atoms with E-state index in [9.17, 15) is 14.0 Å². The first-order valence-corrected chi connectivity index (χ1v) is 4.72. The molecule has 16 heavy (non-hydrogen) atoms. The number of hydrogen-bond acceptors (Lipinski definition) is 2. The Balaban J connectivity index is 3.00. The molecule has 1 rings (SSSR count). The largest absolute Gasteiger partial charge is 0.481 e.